The second-order valence-corrected chi connectivity index (χ2v) is 3.92. The second-order valence-electron chi connectivity index (χ2n) is 3.92. The lowest BCUT2D eigenvalue weighted by molar-refractivity contribution is -0.128. The SMILES string of the molecule is CC(F)(F)CC(=O)NC1CCCC1O. The van der Waals surface area contributed by atoms with E-state index in [0.717, 1.165) is 6.42 Å². The Morgan fingerprint density at radius 1 is 1.57 bits per heavy atom. The number of hydrogen-bond acceptors (Lipinski definition) is 2. The van der Waals surface area contributed by atoms with E-state index in [4.69, 9.17) is 0 Å². The van der Waals surface area contributed by atoms with Crippen LogP contribution in [0, 0.1) is 0 Å². The Morgan fingerprint density at radius 3 is 2.64 bits per heavy atom. The summed E-state index contributed by atoms with van der Waals surface area (Å²) in [7, 11) is 0. The van der Waals surface area contributed by atoms with Gasteiger partial charge in [0, 0.05) is 0 Å². The summed E-state index contributed by atoms with van der Waals surface area (Å²) in [6.45, 7) is 0.706. The molecule has 1 fully saturated rings. The van der Waals surface area contributed by atoms with Crippen molar-refractivity contribution in [3.63, 3.8) is 0 Å². The second kappa shape index (κ2) is 4.21. The van der Waals surface area contributed by atoms with Crippen LogP contribution in [0.2, 0.25) is 0 Å². The van der Waals surface area contributed by atoms with Gasteiger partial charge in [0.15, 0.2) is 0 Å². The van der Waals surface area contributed by atoms with Crippen LogP contribution in [0.1, 0.15) is 32.6 Å². The van der Waals surface area contributed by atoms with Gasteiger partial charge in [-0.25, -0.2) is 8.78 Å². The molecule has 2 N–H and O–H groups in total. The van der Waals surface area contributed by atoms with Crippen LogP contribution in [-0.4, -0.2) is 29.1 Å². The zero-order chi connectivity index (χ0) is 10.8. The van der Waals surface area contributed by atoms with Gasteiger partial charge in [0.2, 0.25) is 5.91 Å². The Labute approximate surface area is 81.5 Å². The fourth-order valence-electron chi connectivity index (χ4n) is 1.65. The average molecular weight is 207 g/mol. The quantitative estimate of drug-likeness (QED) is 0.727. The monoisotopic (exact) mass is 207 g/mol. The highest BCUT2D eigenvalue weighted by atomic mass is 19.3. The fourth-order valence-corrected chi connectivity index (χ4v) is 1.65. The minimum atomic E-state index is -2.98. The molecule has 1 aliphatic carbocycles. The Balaban J connectivity index is 2.33. The molecule has 2 atom stereocenters. The van der Waals surface area contributed by atoms with Crippen molar-refractivity contribution in [3.8, 4) is 0 Å². The van der Waals surface area contributed by atoms with Crippen molar-refractivity contribution < 1.29 is 18.7 Å². The lowest BCUT2D eigenvalue weighted by Gasteiger charge is -2.17. The molecule has 0 aliphatic heterocycles. The van der Waals surface area contributed by atoms with E-state index >= 15 is 0 Å². The predicted octanol–water partition coefficient (Wildman–Crippen LogP) is 1.06. The Bertz CT molecular complexity index is 215. The summed E-state index contributed by atoms with van der Waals surface area (Å²) < 4.78 is 24.8. The van der Waals surface area contributed by atoms with Crippen molar-refractivity contribution in [2.24, 2.45) is 0 Å². The van der Waals surface area contributed by atoms with Gasteiger partial charge in [0.05, 0.1) is 18.6 Å². The van der Waals surface area contributed by atoms with Crippen LogP contribution >= 0.6 is 0 Å². The van der Waals surface area contributed by atoms with Crippen molar-refractivity contribution in [1.82, 2.24) is 5.32 Å². The molecule has 3 nitrogen and oxygen atoms in total. The average Bonchev–Trinajstić information content (AvgIpc) is 2.32. The van der Waals surface area contributed by atoms with Crippen LogP contribution in [0.3, 0.4) is 0 Å². The van der Waals surface area contributed by atoms with Crippen LogP contribution in [0.4, 0.5) is 8.78 Å². The number of amides is 1. The molecule has 2 unspecified atom stereocenters. The number of carbonyl (C=O) groups excluding carboxylic acids is 1. The predicted molar refractivity (Wildman–Crippen MR) is 47.0 cm³/mol. The molecule has 0 aromatic heterocycles. The Kier molecular flexibility index (Phi) is 3.42. The van der Waals surface area contributed by atoms with Gasteiger partial charge < -0.3 is 10.4 Å². The summed E-state index contributed by atoms with van der Waals surface area (Å²) in [6.07, 6.45) is 0.741. The number of halogens is 2. The van der Waals surface area contributed by atoms with Crippen molar-refractivity contribution >= 4 is 5.91 Å². The smallest absolute Gasteiger partial charge is 0.254 e. The van der Waals surface area contributed by atoms with Crippen molar-refractivity contribution in [2.45, 2.75) is 50.7 Å². The highest BCUT2D eigenvalue weighted by molar-refractivity contribution is 5.77. The summed E-state index contributed by atoms with van der Waals surface area (Å²) in [5.41, 5.74) is 0. The van der Waals surface area contributed by atoms with Gasteiger partial charge in [0.25, 0.3) is 5.92 Å². The van der Waals surface area contributed by atoms with E-state index in [1.165, 1.54) is 0 Å². The van der Waals surface area contributed by atoms with Gasteiger partial charge in [-0.1, -0.05) is 0 Å². The molecular formula is C9H15F2NO2. The lowest BCUT2D eigenvalue weighted by Crippen LogP contribution is -2.41. The summed E-state index contributed by atoms with van der Waals surface area (Å²) in [5.74, 6) is -3.67. The first-order valence-electron chi connectivity index (χ1n) is 4.74. The molecular weight excluding hydrogens is 192 g/mol. The first kappa shape index (κ1) is 11.4. The third-order valence-corrected chi connectivity index (χ3v) is 2.30. The first-order chi connectivity index (χ1) is 6.38. The number of aliphatic hydroxyl groups is 1. The molecule has 82 valence electrons. The van der Waals surface area contributed by atoms with Gasteiger partial charge in [-0.2, -0.15) is 0 Å². The highest BCUT2D eigenvalue weighted by Gasteiger charge is 2.30. The molecule has 0 saturated heterocycles. The zero-order valence-electron chi connectivity index (χ0n) is 8.09. The van der Waals surface area contributed by atoms with E-state index in [1.54, 1.807) is 0 Å². The fraction of sp³-hybridized carbons (Fsp3) is 0.889. The standard InChI is InChI=1S/C9H15F2NO2/c1-9(10,11)5-8(14)12-6-3-2-4-7(6)13/h6-7,13H,2-5H2,1H3,(H,12,14). The third-order valence-electron chi connectivity index (χ3n) is 2.30. The molecule has 1 amide bonds. The molecule has 0 heterocycles. The molecule has 1 aliphatic rings. The maximum Gasteiger partial charge on any atom is 0.254 e. The van der Waals surface area contributed by atoms with Crippen LogP contribution in [0.5, 0.6) is 0 Å². The summed E-state index contributed by atoms with van der Waals surface area (Å²) in [4.78, 5) is 11.1. The molecule has 1 rings (SSSR count). The number of nitrogens with one attached hydrogen (secondary N) is 1. The zero-order valence-corrected chi connectivity index (χ0v) is 8.09. The normalized spacial score (nSPS) is 27.7. The lowest BCUT2D eigenvalue weighted by atomic mass is 10.2. The molecule has 0 bridgehead atoms. The van der Waals surface area contributed by atoms with Gasteiger partial charge >= 0.3 is 0 Å². The Hall–Kier alpha value is -0.710. The molecule has 0 aromatic rings. The van der Waals surface area contributed by atoms with E-state index in [-0.39, 0.29) is 6.04 Å². The minimum absolute atomic E-state index is 0.343. The molecule has 0 radical (unpaired) electrons. The number of rotatable bonds is 3. The first-order valence-corrected chi connectivity index (χ1v) is 4.74. The molecule has 0 aromatic carbocycles. The van der Waals surface area contributed by atoms with Gasteiger partial charge in [-0.05, 0) is 26.2 Å². The summed E-state index contributed by atoms with van der Waals surface area (Å²) >= 11 is 0. The van der Waals surface area contributed by atoms with Crippen LogP contribution < -0.4 is 5.32 Å². The van der Waals surface area contributed by atoms with E-state index in [1.807, 2.05) is 0 Å². The van der Waals surface area contributed by atoms with E-state index in [2.05, 4.69) is 5.32 Å². The van der Waals surface area contributed by atoms with E-state index < -0.39 is 24.4 Å². The third kappa shape index (κ3) is 3.57. The van der Waals surface area contributed by atoms with Gasteiger partial charge in [-0.15, -0.1) is 0 Å². The van der Waals surface area contributed by atoms with Crippen molar-refractivity contribution in [1.29, 1.82) is 0 Å². The minimum Gasteiger partial charge on any atom is -0.391 e. The van der Waals surface area contributed by atoms with Gasteiger partial charge in [-0.3, -0.25) is 4.79 Å². The van der Waals surface area contributed by atoms with Crippen molar-refractivity contribution in [2.75, 3.05) is 0 Å². The largest absolute Gasteiger partial charge is 0.391 e. The van der Waals surface area contributed by atoms with Crippen LogP contribution in [0.15, 0.2) is 0 Å². The summed E-state index contributed by atoms with van der Waals surface area (Å²) in [5, 5.41) is 11.8. The maximum atomic E-state index is 12.4. The number of hydrogen-bond donors (Lipinski definition) is 2. The molecule has 14 heavy (non-hydrogen) atoms. The highest BCUT2D eigenvalue weighted by Crippen LogP contribution is 2.20. The summed E-state index contributed by atoms with van der Waals surface area (Å²) in [6, 6.07) is -0.343. The number of aliphatic hydroxyl groups excluding tert-OH is 1. The van der Waals surface area contributed by atoms with Crippen LogP contribution in [0.25, 0.3) is 0 Å². The van der Waals surface area contributed by atoms with Crippen LogP contribution in [-0.2, 0) is 4.79 Å². The number of alkyl halides is 2. The Morgan fingerprint density at radius 2 is 2.21 bits per heavy atom. The molecule has 5 heteroatoms. The topological polar surface area (TPSA) is 49.3 Å². The maximum absolute atomic E-state index is 12.4. The van der Waals surface area contributed by atoms with Crippen molar-refractivity contribution in [3.05, 3.63) is 0 Å². The van der Waals surface area contributed by atoms with E-state index in [9.17, 15) is 18.7 Å². The molecule has 1 saturated carbocycles. The van der Waals surface area contributed by atoms with Gasteiger partial charge in [0.1, 0.15) is 0 Å². The molecule has 0 spiro atoms. The number of carbonyl (C=O) groups is 1. The van der Waals surface area contributed by atoms with E-state index in [0.29, 0.717) is 19.8 Å².